The van der Waals surface area contributed by atoms with Crippen molar-refractivity contribution in [2.24, 2.45) is 0 Å². The van der Waals surface area contributed by atoms with Gasteiger partial charge in [-0.05, 0) is 43.9 Å². The molecule has 0 spiro atoms. The van der Waals surface area contributed by atoms with Crippen LogP contribution in [0.1, 0.15) is 30.9 Å². The standard InChI is InChI=1S/C13H15N/c1-10-4-2-7-13-12(10)8-9-14(13)11-5-3-6-11/h2,4,7-9,11H,3,5-6H2,1H3. The topological polar surface area (TPSA) is 4.93 Å². The van der Waals surface area contributed by atoms with Gasteiger partial charge in [-0.15, -0.1) is 0 Å². The van der Waals surface area contributed by atoms with E-state index in [2.05, 4.69) is 42.0 Å². The third-order valence-corrected chi connectivity index (χ3v) is 3.45. The van der Waals surface area contributed by atoms with E-state index in [1.807, 2.05) is 0 Å². The molecule has 1 aliphatic rings. The lowest BCUT2D eigenvalue weighted by molar-refractivity contribution is 0.321. The number of fused-ring (bicyclic) bond motifs is 1. The highest BCUT2D eigenvalue weighted by Gasteiger charge is 2.20. The Morgan fingerprint density at radius 3 is 2.79 bits per heavy atom. The van der Waals surface area contributed by atoms with E-state index in [1.165, 1.54) is 35.7 Å². The summed E-state index contributed by atoms with van der Waals surface area (Å²) in [7, 11) is 0. The van der Waals surface area contributed by atoms with Crippen molar-refractivity contribution in [1.82, 2.24) is 4.57 Å². The molecule has 0 saturated heterocycles. The van der Waals surface area contributed by atoms with Gasteiger partial charge in [-0.25, -0.2) is 0 Å². The van der Waals surface area contributed by atoms with Crippen molar-refractivity contribution < 1.29 is 0 Å². The molecule has 0 atom stereocenters. The monoisotopic (exact) mass is 185 g/mol. The fourth-order valence-corrected chi connectivity index (χ4v) is 2.33. The molecule has 1 aromatic carbocycles. The van der Waals surface area contributed by atoms with Crippen molar-refractivity contribution in [3.8, 4) is 0 Å². The highest BCUT2D eigenvalue weighted by atomic mass is 15.0. The van der Waals surface area contributed by atoms with Gasteiger partial charge in [0, 0.05) is 23.1 Å². The minimum atomic E-state index is 0.772. The third-order valence-electron chi connectivity index (χ3n) is 3.45. The largest absolute Gasteiger partial charge is 0.344 e. The number of nitrogens with zero attached hydrogens (tertiary/aromatic N) is 1. The molecule has 0 N–H and O–H groups in total. The van der Waals surface area contributed by atoms with E-state index >= 15 is 0 Å². The molecule has 72 valence electrons. The molecule has 0 amide bonds. The van der Waals surface area contributed by atoms with E-state index in [0.717, 1.165) is 6.04 Å². The molecular formula is C13H15N. The molecule has 1 heterocycles. The van der Waals surface area contributed by atoms with Crippen LogP contribution in [0.4, 0.5) is 0 Å². The zero-order valence-corrected chi connectivity index (χ0v) is 8.53. The molecule has 3 rings (SSSR count). The average Bonchev–Trinajstić information content (AvgIpc) is 2.48. The molecule has 1 fully saturated rings. The van der Waals surface area contributed by atoms with E-state index < -0.39 is 0 Å². The van der Waals surface area contributed by atoms with E-state index in [0.29, 0.717) is 0 Å². The summed E-state index contributed by atoms with van der Waals surface area (Å²) in [5.74, 6) is 0. The summed E-state index contributed by atoms with van der Waals surface area (Å²) < 4.78 is 2.45. The fourth-order valence-electron chi connectivity index (χ4n) is 2.33. The van der Waals surface area contributed by atoms with Gasteiger partial charge in [0.15, 0.2) is 0 Å². The lowest BCUT2D eigenvalue weighted by atomic mass is 9.93. The summed E-state index contributed by atoms with van der Waals surface area (Å²) in [6.45, 7) is 2.19. The number of aryl methyl sites for hydroxylation is 1. The van der Waals surface area contributed by atoms with Gasteiger partial charge in [0.1, 0.15) is 0 Å². The summed E-state index contributed by atoms with van der Waals surface area (Å²) in [6, 6.07) is 9.61. The molecule has 0 radical (unpaired) electrons. The van der Waals surface area contributed by atoms with Crippen molar-refractivity contribution in [1.29, 1.82) is 0 Å². The van der Waals surface area contributed by atoms with Crippen molar-refractivity contribution >= 4 is 10.9 Å². The summed E-state index contributed by atoms with van der Waals surface area (Å²) in [4.78, 5) is 0. The van der Waals surface area contributed by atoms with Gasteiger partial charge in [-0.2, -0.15) is 0 Å². The Morgan fingerprint density at radius 2 is 2.07 bits per heavy atom. The number of aromatic nitrogens is 1. The molecule has 1 heteroatoms. The van der Waals surface area contributed by atoms with Crippen LogP contribution in [0.25, 0.3) is 10.9 Å². The number of rotatable bonds is 1. The molecule has 0 bridgehead atoms. The highest BCUT2D eigenvalue weighted by Crippen LogP contribution is 2.35. The summed E-state index contributed by atoms with van der Waals surface area (Å²) in [6.07, 6.45) is 6.37. The van der Waals surface area contributed by atoms with Gasteiger partial charge in [-0.3, -0.25) is 0 Å². The SMILES string of the molecule is Cc1cccc2c1ccn2C1CCC1. The normalized spacial score (nSPS) is 17.2. The van der Waals surface area contributed by atoms with Crippen molar-refractivity contribution in [3.63, 3.8) is 0 Å². The van der Waals surface area contributed by atoms with Crippen LogP contribution in [0, 0.1) is 6.92 Å². The molecule has 1 aromatic heterocycles. The Labute approximate surface area is 84.4 Å². The van der Waals surface area contributed by atoms with Gasteiger partial charge in [0.05, 0.1) is 0 Å². The maximum absolute atomic E-state index is 2.45. The van der Waals surface area contributed by atoms with Crippen LogP contribution in [0.15, 0.2) is 30.5 Å². The van der Waals surface area contributed by atoms with E-state index in [9.17, 15) is 0 Å². The molecule has 1 nitrogen and oxygen atoms in total. The first-order valence-corrected chi connectivity index (χ1v) is 5.42. The predicted octanol–water partition coefficient (Wildman–Crippen LogP) is 3.67. The third kappa shape index (κ3) is 1.02. The van der Waals surface area contributed by atoms with Crippen molar-refractivity contribution in [3.05, 3.63) is 36.0 Å². The van der Waals surface area contributed by atoms with Gasteiger partial charge in [0.25, 0.3) is 0 Å². The Morgan fingerprint density at radius 1 is 1.21 bits per heavy atom. The fraction of sp³-hybridized carbons (Fsp3) is 0.385. The average molecular weight is 185 g/mol. The van der Waals surface area contributed by atoms with Crippen LogP contribution in [0.3, 0.4) is 0 Å². The van der Waals surface area contributed by atoms with Gasteiger partial charge >= 0.3 is 0 Å². The van der Waals surface area contributed by atoms with E-state index in [4.69, 9.17) is 0 Å². The second-order valence-electron chi connectivity index (χ2n) is 4.32. The predicted molar refractivity (Wildman–Crippen MR) is 59.6 cm³/mol. The summed E-state index contributed by atoms with van der Waals surface area (Å²) in [5, 5.41) is 1.42. The van der Waals surface area contributed by atoms with Crippen LogP contribution in [-0.4, -0.2) is 4.57 Å². The quantitative estimate of drug-likeness (QED) is 0.638. The van der Waals surface area contributed by atoms with Crippen LogP contribution in [0.2, 0.25) is 0 Å². The Kier molecular flexibility index (Phi) is 1.66. The molecule has 1 aliphatic carbocycles. The lowest BCUT2D eigenvalue weighted by Gasteiger charge is -2.28. The molecule has 0 unspecified atom stereocenters. The van der Waals surface area contributed by atoms with Crippen LogP contribution in [0.5, 0.6) is 0 Å². The number of hydrogen-bond acceptors (Lipinski definition) is 0. The molecule has 1 saturated carbocycles. The minimum absolute atomic E-state index is 0.772. The zero-order chi connectivity index (χ0) is 9.54. The maximum Gasteiger partial charge on any atom is 0.0485 e. The Balaban J connectivity index is 2.20. The number of benzene rings is 1. The first-order chi connectivity index (χ1) is 6.86. The summed E-state index contributed by atoms with van der Waals surface area (Å²) in [5.41, 5.74) is 2.80. The zero-order valence-electron chi connectivity index (χ0n) is 8.53. The van der Waals surface area contributed by atoms with Crippen molar-refractivity contribution in [2.75, 3.05) is 0 Å². The number of hydrogen-bond donors (Lipinski definition) is 0. The van der Waals surface area contributed by atoms with Crippen molar-refractivity contribution in [2.45, 2.75) is 32.2 Å². The second-order valence-corrected chi connectivity index (χ2v) is 4.32. The van der Waals surface area contributed by atoms with Gasteiger partial charge in [-0.1, -0.05) is 12.1 Å². The van der Waals surface area contributed by atoms with Crippen LogP contribution >= 0.6 is 0 Å². The second kappa shape index (κ2) is 2.88. The molecule has 14 heavy (non-hydrogen) atoms. The summed E-state index contributed by atoms with van der Waals surface area (Å²) >= 11 is 0. The molecule has 2 aromatic rings. The lowest BCUT2D eigenvalue weighted by Crippen LogP contribution is -2.15. The minimum Gasteiger partial charge on any atom is -0.344 e. The van der Waals surface area contributed by atoms with Gasteiger partial charge in [0.2, 0.25) is 0 Å². The van der Waals surface area contributed by atoms with Crippen LogP contribution in [-0.2, 0) is 0 Å². The Hall–Kier alpha value is -1.24. The molecular weight excluding hydrogens is 170 g/mol. The first kappa shape index (κ1) is 8.10. The smallest absolute Gasteiger partial charge is 0.0485 e. The van der Waals surface area contributed by atoms with E-state index in [1.54, 1.807) is 0 Å². The Bertz CT molecular complexity index is 463. The molecule has 0 aliphatic heterocycles. The van der Waals surface area contributed by atoms with Gasteiger partial charge < -0.3 is 4.57 Å². The first-order valence-electron chi connectivity index (χ1n) is 5.42. The van der Waals surface area contributed by atoms with Crippen LogP contribution < -0.4 is 0 Å². The maximum atomic E-state index is 2.45. The highest BCUT2D eigenvalue weighted by molar-refractivity contribution is 5.83. The van der Waals surface area contributed by atoms with E-state index in [-0.39, 0.29) is 0 Å².